The molecule has 0 bridgehead atoms. The van der Waals surface area contributed by atoms with Gasteiger partial charge >= 0.3 is 5.97 Å². The van der Waals surface area contributed by atoms with E-state index in [1.807, 2.05) is 13.8 Å². The van der Waals surface area contributed by atoms with E-state index < -0.39 is 5.97 Å². The number of rotatable bonds is 5. The Morgan fingerprint density at radius 3 is 2.45 bits per heavy atom. The lowest BCUT2D eigenvalue weighted by atomic mass is 9.99. The third-order valence-corrected chi connectivity index (χ3v) is 1.67. The van der Waals surface area contributed by atoms with Gasteiger partial charge in [0.15, 0.2) is 0 Å². The lowest BCUT2D eigenvalue weighted by molar-refractivity contribution is -0.138. The fraction of sp³-hybridized carbons (Fsp3) is 0.875. The molecule has 0 radical (unpaired) electrons. The molecule has 0 aliphatic rings. The molecule has 0 aromatic carbocycles. The molecule has 0 aromatic heterocycles. The third-order valence-electron chi connectivity index (χ3n) is 1.67. The molecular weight excluding hydrogens is 144 g/mol. The SMILES string of the molecule is CCC(O)CC(C)CC(=O)O. The van der Waals surface area contributed by atoms with Crippen LogP contribution in [0.1, 0.15) is 33.1 Å². The number of aliphatic hydroxyl groups is 1. The topological polar surface area (TPSA) is 57.5 Å². The molecule has 0 heterocycles. The lowest BCUT2D eigenvalue weighted by Gasteiger charge is -2.12. The van der Waals surface area contributed by atoms with E-state index in [2.05, 4.69) is 0 Å². The minimum absolute atomic E-state index is 0.0717. The molecule has 0 saturated carbocycles. The Labute approximate surface area is 67.0 Å². The van der Waals surface area contributed by atoms with Gasteiger partial charge in [0.1, 0.15) is 0 Å². The molecule has 0 aliphatic heterocycles. The average molecular weight is 160 g/mol. The van der Waals surface area contributed by atoms with Gasteiger partial charge in [-0.25, -0.2) is 0 Å². The highest BCUT2D eigenvalue weighted by Crippen LogP contribution is 2.11. The van der Waals surface area contributed by atoms with Gasteiger partial charge in [0.05, 0.1) is 6.10 Å². The fourth-order valence-corrected chi connectivity index (χ4v) is 1.01. The summed E-state index contributed by atoms with van der Waals surface area (Å²) in [4.78, 5) is 10.2. The summed E-state index contributed by atoms with van der Waals surface area (Å²) in [6.45, 7) is 3.73. The number of carbonyl (C=O) groups is 1. The van der Waals surface area contributed by atoms with Crippen LogP contribution < -0.4 is 0 Å². The van der Waals surface area contributed by atoms with Gasteiger partial charge in [0, 0.05) is 6.42 Å². The average Bonchev–Trinajstić information content (AvgIpc) is 1.85. The molecule has 66 valence electrons. The molecule has 2 atom stereocenters. The van der Waals surface area contributed by atoms with Gasteiger partial charge in [0.25, 0.3) is 0 Å². The fourth-order valence-electron chi connectivity index (χ4n) is 1.01. The van der Waals surface area contributed by atoms with Crippen molar-refractivity contribution in [3.05, 3.63) is 0 Å². The Hall–Kier alpha value is -0.570. The standard InChI is InChI=1S/C8H16O3/c1-3-7(9)4-6(2)5-8(10)11/h6-7,9H,3-5H2,1-2H3,(H,10,11). The maximum absolute atomic E-state index is 10.2. The van der Waals surface area contributed by atoms with Gasteiger partial charge in [-0.2, -0.15) is 0 Å². The summed E-state index contributed by atoms with van der Waals surface area (Å²) in [5.41, 5.74) is 0. The molecular formula is C8H16O3. The highest BCUT2D eigenvalue weighted by molar-refractivity contribution is 5.66. The van der Waals surface area contributed by atoms with Crippen molar-refractivity contribution in [1.29, 1.82) is 0 Å². The highest BCUT2D eigenvalue weighted by Gasteiger charge is 2.11. The van der Waals surface area contributed by atoms with E-state index in [4.69, 9.17) is 10.2 Å². The lowest BCUT2D eigenvalue weighted by Crippen LogP contribution is -2.13. The number of aliphatic hydroxyl groups excluding tert-OH is 1. The number of hydrogen-bond acceptors (Lipinski definition) is 2. The normalized spacial score (nSPS) is 15.9. The molecule has 0 saturated heterocycles. The van der Waals surface area contributed by atoms with Crippen LogP contribution in [-0.2, 0) is 4.79 Å². The van der Waals surface area contributed by atoms with Crippen molar-refractivity contribution in [3.8, 4) is 0 Å². The van der Waals surface area contributed by atoms with Crippen molar-refractivity contribution in [2.24, 2.45) is 5.92 Å². The van der Waals surface area contributed by atoms with Gasteiger partial charge in [0.2, 0.25) is 0 Å². The molecule has 11 heavy (non-hydrogen) atoms. The van der Waals surface area contributed by atoms with E-state index in [9.17, 15) is 4.79 Å². The van der Waals surface area contributed by atoms with Crippen LogP contribution in [0.4, 0.5) is 0 Å². The maximum Gasteiger partial charge on any atom is 0.303 e. The second-order valence-corrected chi connectivity index (χ2v) is 3.00. The van der Waals surface area contributed by atoms with Crippen LogP contribution in [-0.4, -0.2) is 22.3 Å². The van der Waals surface area contributed by atoms with E-state index in [1.54, 1.807) is 0 Å². The minimum atomic E-state index is -0.791. The maximum atomic E-state index is 10.2. The molecule has 0 aliphatic carbocycles. The summed E-state index contributed by atoms with van der Waals surface area (Å²) < 4.78 is 0. The number of carboxylic acids is 1. The Balaban J connectivity index is 3.51. The Morgan fingerprint density at radius 2 is 2.09 bits per heavy atom. The van der Waals surface area contributed by atoms with Crippen LogP contribution >= 0.6 is 0 Å². The molecule has 2 unspecified atom stereocenters. The first-order valence-corrected chi connectivity index (χ1v) is 3.96. The molecule has 0 spiro atoms. The zero-order valence-corrected chi connectivity index (χ0v) is 7.08. The van der Waals surface area contributed by atoms with Crippen molar-refractivity contribution < 1.29 is 15.0 Å². The van der Waals surface area contributed by atoms with Crippen LogP contribution in [0.2, 0.25) is 0 Å². The van der Waals surface area contributed by atoms with Crippen LogP contribution in [0.3, 0.4) is 0 Å². The molecule has 3 heteroatoms. The van der Waals surface area contributed by atoms with Gasteiger partial charge in [-0.05, 0) is 18.8 Å². The Morgan fingerprint density at radius 1 is 1.55 bits per heavy atom. The zero-order chi connectivity index (χ0) is 8.85. The summed E-state index contributed by atoms with van der Waals surface area (Å²) >= 11 is 0. The molecule has 0 rings (SSSR count). The summed E-state index contributed by atoms with van der Waals surface area (Å²) in [6.07, 6.45) is 1.09. The van der Waals surface area contributed by atoms with Crippen LogP contribution in [0.15, 0.2) is 0 Å². The molecule has 3 nitrogen and oxygen atoms in total. The van der Waals surface area contributed by atoms with E-state index in [-0.39, 0.29) is 18.4 Å². The summed E-state index contributed by atoms with van der Waals surface area (Å²) in [5, 5.41) is 17.5. The molecule has 2 N–H and O–H groups in total. The predicted molar refractivity (Wildman–Crippen MR) is 42.3 cm³/mol. The van der Waals surface area contributed by atoms with Crippen molar-refractivity contribution >= 4 is 5.97 Å². The first kappa shape index (κ1) is 10.4. The number of carboxylic acid groups (broad SMARTS) is 1. The van der Waals surface area contributed by atoms with Gasteiger partial charge < -0.3 is 10.2 Å². The highest BCUT2D eigenvalue weighted by atomic mass is 16.4. The van der Waals surface area contributed by atoms with E-state index in [0.717, 1.165) is 0 Å². The van der Waals surface area contributed by atoms with E-state index in [0.29, 0.717) is 12.8 Å². The summed E-state index contributed by atoms with van der Waals surface area (Å²) in [6, 6.07) is 0. The monoisotopic (exact) mass is 160 g/mol. The van der Waals surface area contributed by atoms with Crippen LogP contribution in [0.5, 0.6) is 0 Å². The Bertz CT molecular complexity index is 123. The van der Waals surface area contributed by atoms with Crippen molar-refractivity contribution in [1.82, 2.24) is 0 Å². The smallest absolute Gasteiger partial charge is 0.303 e. The third kappa shape index (κ3) is 5.85. The quantitative estimate of drug-likeness (QED) is 0.636. The molecule has 0 fully saturated rings. The molecule has 0 amide bonds. The number of hydrogen-bond donors (Lipinski definition) is 2. The summed E-state index contributed by atoms with van der Waals surface area (Å²) in [5.74, 6) is -0.719. The number of aliphatic carboxylic acids is 1. The van der Waals surface area contributed by atoms with Crippen molar-refractivity contribution in [3.63, 3.8) is 0 Å². The summed E-state index contributed by atoms with van der Waals surface area (Å²) in [7, 11) is 0. The van der Waals surface area contributed by atoms with Gasteiger partial charge in [-0.15, -0.1) is 0 Å². The van der Waals surface area contributed by atoms with Crippen molar-refractivity contribution in [2.75, 3.05) is 0 Å². The largest absolute Gasteiger partial charge is 0.481 e. The van der Waals surface area contributed by atoms with Gasteiger partial charge in [-0.1, -0.05) is 13.8 Å². The minimum Gasteiger partial charge on any atom is -0.481 e. The predicted octanol–water partition coefficient (Wildman–Crippen LogP) is 1.26. The Kier molecular flexibility index (Phi) is 4.86. The van der Waals surface area contributed by atoms with Crippen LogP contribution in [0.25, 0.3) is 0 Å². The molecule has 0 aromatic rings. The first-order chi connectivity index (χ1) is 5.06. The van der Waals surface area contributed by atoms with E-state index >= 15 is 0 Å². The second-order valence-electron chi connectivity index (χ2n) is 3.00. The first-order valence-electron chi connectivity index (χ1n) is 3.96. The van der Waals surface area contributed by atoms with Crippen LogP contribution in [0, 0.1) is 5.92 Å². The van der Waals surface area contributed by atoms with Crippen molar-refractivity contribution in [2.45, 2.75) is 39.2 Å². The second kappa shape index (κ2) is 5.13. The zero-order valence-electron chi connectivity index (χ0n) is 7.08. The van der Waals surface area contributed by atoms with Gasteiger partial charge in [-0.3, -0.25) is 4.79 Å². The van der Waals surface area contributed by atoms with E-state index in [1.165, 1.54) is 0 Å².